The standard InChI is InChI=1S/C17H17ClN2O2/c18-14-4-6-16(7-5-14)20(11-15-3-1-2-9-19-15)17(21)13-8-10-22-12-13/h1-7,9,13H,8,10-12H2. The number of hydrogen-bond acceptors (Lipinski definition) is 3. The zero-order valence-electron chi connectivity index (χ0n) is 12.1. The molecule has 1 aromatic carbocycles. The molecular weight excluding hydrogens is 300 g/mol. The van der Waals surface area contributed by atoms with Gasteiger partial charge in [0.05, 0.1) is 24.8 Å². The third-order valence-electron chi connectivity index (χ3n) is 3.73. The first kappa shape index (κ1) is 15.0. The van der Waals surface area contributed by atoms with Gasteiger partial charge in [0.1, 0.15) is 0 Å². The number of benzene rings is 1. The summed E-state index contributed by atoms with van der Waals surface area (Å²) in [6, 6.07) is 13.0. The Labute approximate surface area is 134 Å². The number of halogens is 1. The fourth-order valence-electron chi connectivity index (χ4n) is 2.52. The normalized spacial score (nSPS) is 17.4. The molecule has 22 heavy (non-hydrogen) atoms. The van der Waals surface area contributed by atoms with Crippen LogP contribution in [0.15, 0.2) is 48.7 Å². The fourth-order valence-corrected chi connectivity index (χ4v) is 2.65. The summed E-state index contributed by atoms with van der Waals surface area (Å²) in [7, 11) is 0. The van der Waals surface area contributed by atoms with E-state index < -0.39 is 0 Å². The van der Waals surface area contributed by atoms with Crippen LogP contribution >= 0.6 is 11.6 Å². The summed E-state index contributed by atoms with van der Waals surface area (Å²) in [4.78, 5) is 18.9. The molecule has 0 aliphatic carbocycles. The molecule has 1 unspecified atom stereocenters. The predicted octanol–water partition coefficient (Wildman–Crippen LogP) is 3.30. The highest BCUT2D eigenvalue weighted by Crippen LogP contribution is 2.24. The van der Waals surface area contributed by atoms with Crippen molar-refractivity contribution in [2.75, 3.05) is 18.1 Å². The molecule has 0 saturated carbocycles. The summed E-state index contributed by atoms with van der Waals surface area (Å²) in [5.74, 6) is -0.00938. The molecule has 0 radical (unpaired) electrons. The molecule has 1 atom stereocenters. The van der Waals surface area contributed by atoms with Gasteiger partial charge in [-0.15, -0.1) is 0 Å². The smallest absolute Gasteiger partial charge is 0.232 e. The Hall–Kier alpha value is -1.91. The molecule has 114 valence electrons. The van der Waals surface area contributed by atoms with Crippen molar-refractivity contribution in [2.24, 2.45) is 5.92 Å². The van der Waals surface area contributed by atoms with Crippen molar-refractivity contribution < 1.29 is 9.53 Å². The Bertz CT molecular complexity index is 625. The molecule has 0 spiro atoms. The van der Waals surface area contributed by atoms with Crippen LogP contribution in [-0.2, 0) is 16.1 Å². The highest BCUT2D eigenvalue weighted by atomic mass is 35.5. The van der Waals surface area contributed by atoms with Crippen LogP contribution in [0.3, 0.4) is 0 Å². The molecule has 2 heterocycles. The average Bonchev–Trinajstić information content (AvgIpc) is 3.08. The largest absolute Gasteiger partial charge is 0.381 e. The number of carbonyl (C=O) groups is 1. The molecule has 1 amide bonds. The molecule has 2 aromatic rings. The van der Waals surface area contributed by atoms with Crippen molar-refractivity contribution in [1.29, 1.82) is 0 Å². The first-order valence-corrected chi connectivity index (χ1v) is 7.66. The lowest BCUT2D eigenvalue weighted by Crippen LogP contribution is -2.36. The number of nitrogens with zero attached hydrogens (tertiary/aromatic N) is 2. The van der Waals surface area contributed by atoms with Gasteiger partial charge in [-0.1, -0.05) is 17.7 Å². The van der Waals surface area contributed by atoms with Crippen LogP contribution < -0.4 is 4.90 Å². The Kier molecular flexibility index (Phi) is 4.71. The first-order chi connectivity index (χ1) is 10.7. The van der Waals surface area contributed by atoms with Gasteiger partial charge in [0.2, 0.25) is 5.91 Å². The first-order valence-electron chi connectivity index (χ1n) is 7.28. The van der Waals surface area contributed by atoms with E-state index in [1.54, 1.807) is 23.2 Å². The van der Waals surface area contributed by atoms with E-state index in [-0.39, 0.29) is 11.8 Å². The Morgan fingerprint density at radius 3 is 2.73 bits per heavy atom. The number of anilines is 1. The van der Waals surface area contributed by atoms with Crippen molar-refractivity contribution in [1.82, 2.24) is 4.98 Å². The number of carbonyl (C=O) groups excluding carboxylic acids is 1. The van der Waals surface area contributed by atoms with E-state index in [1.807, 2.05) is 30.3 Å². The van der Waals surface area contributed by atoms with Crippen LogP contribution in [0.5, 0.6) is 0 Å². The monoisotopic (exact) mass is 316 g/mol. The Morgan fingerprint density at radius 1 is 1.27 bits per heavy atom. The summed E-state index contributed by atoms with van der Waals surface area (Å²) in [5, 5.41) is 0.651. The lowest BCUT2D eigenvalue weighted by atomic mass is 10.1. The van der Waals surface area contributed by atoms with E-state index in [0.717, 1.165) is 17.8 Å². The highest BCUT2D eigenvalue weighted by Gasteiger charge is 2.29. The summed E-state index contributed by atoms with van der Waals surface area (Å²) >= 11 is 5.95. The fraction of sp³-hybridized carbons (Fsp3) is 0.294. The van der Waals surface area contributed by atoms with Crippen LogP contribution in [0.2, 0.25) is 5.02 Å². The minimum atomic E-state index is -0.0839. The Balaban J connectivity index is 1.87. The molecule has 1 aliphatic heterocycles. The van der Waals surface area contributed by atoms with Crippen LogP contribution in [0.1, 0.15) is 12.1 Å². The van der Waals surface area contributed by atoms with Gasteiger partial charge in [0.15, 0.2) is 0 Å². The summed E-state index contributed by atoms with van der Waals surface area (Å²) in [6.07, 6.45) is 2.50. The average molecular weight is 317 g/mol. The van der Waals surface area contributed by atoms with Gasteiger partial charge in [-0.2, -0.15) is 0 Å². The molecule has 1 aromatic heterocycles. The summed E-state index contributed by atoms with van der Waals surface area (Å²) in [6.45, 7) is 1.58. The molecule has 0 bridgehead atoms. The lowest BCUT2D eigenvalue weighted by Gasteiger charge is -2.25. The highest BCUT2D eigenvalue weighted by molar-refractivity contribution is 6.30. The third kappa shape index (κ3) is 3.46. The number of ether oxygens (including phenoxy) is 1. The maximum absolute atomic E-state index is 12.8. The number of hydrogen-bond donors (Lipinski definition) is 0. The van der Waals surface area contributed by atoms with E-state index in [2.05, 4.69) is 4.98 Å². The zero-order valence-corrected chi connectivity index (χ0v) is 12.9. The van der Waals surface area contributed by atoms with Crippen molar-refractivity contribution in [3.63, 3.8) is 0 Å². The summed E-state index contributed by atoms with van der Waals surface area (Å²) < 4.78 is 5.35. The van der Waals surface area contributed by atoms with Crippen LogP contribution in [0.25, 0.3) is 0 Å². The van der Waals surface area contributed by atoms with Crippen LogP contribution in [0, 0.1) is 5.92 Å². The van der Waals surface area contributed by atoms with E-state index in [0.29, 0.717) is 24.8 Å². The summed E-state index contributed by atoms with van der Waals surface area (Å²) in [5.41, 5.74) is 1.68. The lowest BCUT2D eigenvalue weighted by molar-refractivity contribution is -0.122. The number of amides is 1. The van der Waals surface area contributed by atoms with E-state index in [4.69, 9.17) is 16.3 Å². The van der Waals surface area contributed by atoms with E-state index in [9.17, 15) is 4.79 Å². The predicted molar refractivity (Wildman–Crippen MR) is 85.8 cm³/mol. The van der Waals surface area contributed by atoms with Crippen LogP contribution in [0.4, 0.5) is 5.69 Å². The molecule has 1 fully saturated rings. The van der Waals surface area contributed by atoms with E-state index in [1.165, 1.54) is 0 Å². The minimum absolute atomic E-state index is 0.0745. The Morgan fingerprint density at radius 2 is 2.09 bits per heavy atom. The van der Waals surface area contributed by atoms with E-state index >= 15 is 0 Å². The zero-order chi connectivity index (χ0) is 15.4. The molecule has 1 saturated heterocycles. The second-order valence-electron chi connectivity index (χ2n) is 5.28. The van der Waals surface area contributed by atoms with Crippen molar-refractivity contribution in [3.8, 4) is 0 Å². The third-order valence-corrected chi connectivity index (χ3v) is 3.98. The molecule has 1 aliphatic rings. The SMILES string of the molecule is O=C(C1CCOC1)N(Cc1ccccn1)c1ccc(Cl)cc1. The maximum Gasteiger partial charge on any atom is 0.232 e. The second kappa shape index (κ2) is 6.90. The molecule has 5 heteroatoms. The second-order valence-corrected chi connectivity index (χ2v) is 5.72. The minimum Gasteiger partial charge on any atom is -0.381 e. The van der Waals surface area contributed by atoms with Gasteiger partial charge in [-0.3, -0.25) is 9.78 Å². The van der Waals surface area contributed by atoms with Crippen LogP contribution in [-0.4, -0.2) is 24.1 Å². The molecular formula is C17H17ClN2O2. The molecule has 4 nitrogen and oxygen atoms in total. The molecule has 3 rings (SSSR count). The van der Waals surface area contributed by atoms with Gasteiger partial charge in [-0.25, -0.2) is 0 Å². The number of rotatable bonds is 4. The molecule has 0 N–H and O–H groups in total. The van der Waals surface area contributed by atoms with Gasteiger partial charge in [-0.05, 0) is 42.8 Å². The van der Waals surface area contributed by atoms with Gasteiger partial charge in [0, 0.05) is 23.5 Å². The van der Waals surface area contributed by atoms with Crippen molar-refractivity contribution in [2.45, 2.75) is 13.0 Å². The van der Waals surface area contributed by atoms with Gasteiger partial charge >= 0.3 is 0 Å². The van der Waals surface area contributed by atoms with Gasteiger partial charge in [0.25, 0.3) is 0 Å². The topological polar surface area (TPSA) is 42.4 Å². The number of aromatic nitrogens is 1. The van der Waals surface area contributed by atoms with Gasteiger partial charge < -0.3 is 9.64 Å². The maximum atomic E-state index is 12.8. The van der Waals surface area contributed by atoms with Crippen molar-refractivity contribution >= 4 is 23.2 Å². The van der Waals surface area contributed by atoms with Crippen molar-refractivity contribution in [3.05, 3.63) is 59.4 Å². The quantitative estimate of drug-likeness (QED) is 0.869. The number of pyridine rings is 1.